The average molecular weight is 239 g/mol. The van der Waals surface area contributed by atoms with Crippen molar-refractivity contribution >= 4 is 0 Å². The first-order valence-electron chi connectivity index (χ1n) is 6.80. The summed E-state index contributed by atoms with van der Waals surface area (Å²) in [6.45, 7) is 8.60. The summed E-state index contributed by atoms with van der Waals surface area (Å²) in [6, 6.07) is 0. The van der Waals surface area contributed by atoms with Gasteiger partial charge in [-0.25, -0.2) is 0 Å². The molecule has 17 heavy (non-hydrogen) atoms. The molecule has 1 aromatic rings. The lowest BCUT2D eigenvalue weighted by molar-refractivity contribution is 0.409. The van der Waals surface area contributed by atoms with E-state index in [1.54, 1.807) is 0 Å². The number of nitrogens with zero attached hydrogens (tertiary/aromatic N) is 2. The number of hydrogen-bond acceptors (Lipinski definition) is 4. The van der Waals surface area contributed by atoms with Crippen LogP contribution in [0.3, 0.4) is 0 Å². The SMILES string of the molecule is CCCNCCCc1nnc(C(C)CCC)o1. The van der Waals surface area contributed by atoms with Crippen LogP contribution in [0.5, 0.6) is 0 Å². The minimum Gasteiger partial charge on any atom is -0.425 e. The second-order valence-corrected chi connectivity index (χ2v) is 4.58. The number of aromatic nitrogens is 2. The van der Waals surface area contributed by atoms with Gasteiger partial charge in [-0.3, -0.25) is 0 Å². The van der Waals surface area contributed by atoms with Gasteiger partial charge in [-0.1, -0.05) is 27.2 Å². The van der Waals surface area contributed by atoms with E-state index in [1.165, 1.54) is 6.42 Å². The van der Waals surface area contributed by atoms with Crippen molar-refractivity contribution in [2.24, 2.45) is 0 Å². The van der Waals surface area contributed by atoms with Gasteiger partial charge in [0.05, 0.1) is 0 Å². The van der Waals surface area contributed by atoms with Gasteiger partial charge in [-0.15, -0.1) is 10.2 Å². The van der Waals surface area contributed by atoms with Crippen molar-refractivity contribution in [1.82, 2.24) is 15.5 Å². The second kappa shape index (κ2) is 8.23. The van der Waals surface area contributed by atoms with Crippen LogP contribution in [0.2, 0.25) is 0 Å². The standard InChI is InChI=1S/C13H25N3O/c1-4-7-11(3)13-16-15-12(17-13)8-6-10-14-9-5-2/h11,14H,4-10H2,1-3H3. The maximum atomic E-state index is 5.65. The lowest BCUT2D eigenvalue weighted by Gasteiger charge is -2.03. The third kappa shape index (κ3) is 5.31. The Hall–Kier alpha value is -0.900. The normalized spacial score (nSPS) is 12.9. The lowest BCUT2D eigenvalue weighted by atomic mass is 10.1. The summed E-state index contributed by atoms with van der Waals surface area (Å²) in [7, 11) is 0. The fraction of sp³-hybridized carbons (Fsp3) is 0.846. The minimum atomic E-state index is 0.388. The topological polar surface area (TPSA) is 51.0 Å². The molecule has 4 heteroatoms. The van der Waals surface area contributed by atoms with Crippen molar-refractivity contribution in [3.05, 3.63) is 11.8 Å². The third-order valence-corrected chi connectivity index (χ3v) is 2.80. The molecule has 0 amide bonds. The molecule has 0 spiro atoms. The van der Waals surface area contributed by atoms with E-state index in [1.807, 2.05) is 0 Å². The van der Waals surface area contributed by atoms with Gasteiger partial charge in [0.25, 0.3) is 0 Å². The van der Waals surface area contributed by atoms with E-state index in [0.717, 1.165) is 50.6 Å². The van der Waals surface area contributed by atoms with Crippen molar-refractivity contribution in [2.45, 2.75) is 58.8 Å². The molecular formula is C13H25N3O. The van der Waals surface area contributed by atoms with Crippen LogP contribution in [-0.2, 0) is 6.42 Å². The Kier molecular flexibility index (Phi) is 6.86. The Labute approximate surface area is 104 Å². The van der Waals surface area contributed by atoms with Crippen LogP contribution in [0.1, 0.15) is 64.2 Å². The quantitative estimate of drug-likeness (QED) is 0.673. The molecule has 1 rings (SSSR count). The van der Waals surface area contributed by atoms with E-state index in [4.69, 9.17) is 4.42 Å². The molecule has 0 radical (unpaired) electrons. The molecule has 4 nitrogen and oxygen atoms in total. The first-order valence-corrected chi connectivity index (χ1v) is 6.80. The Morgan fingerprint density at radius 2 is 2.00 bits per heavy atom. The maximum absolute atomic E-state index is 5.65. The highest BCUT2D eigenvalue weighted by atomic mass is 16.4. The molecule has 1 aromatic heterocycles. The number of nitrogens with one attached hydrogen (secondary N) is 1. The monoisotopic (exact) mass is 239 g/mol. The Bertz CT molecular complexity index is 299. The lowest BCUT2D eigenvalue weighted by Crippen LogP contribution is -2.16. The molecule has 0 saturated carbocycles. The molecule has 0 aliphatic rings. The summed E-state index contributed by atoms with van der Waals surface area (Å²) in [5.74, 6) is 1.96. The molecular weight excluding hydrogens is 214 g/mol. The van der Waals surface area contributed by atoms with Gasteiger partial charge in [-0.2, -0.15) is 0 Å². The summed E-state index contributed by atoms with van der Waals surface area (Å²) < 4.78 is 5.65. The predicted molar refractivity (Wildman–Crippen MR) is 69.1 cm³/mol. The molecule has 0 bridgehead atoms. The van der Waals surface area contributed by atoms with Gasteiger partial charge in [0.2, 0.25) is 11.8 Å². The summed E-state index contributed by atoms with van der Waals surface area (Å²) in [4.78, 5) is 0. The molecule has 1 N–H and O–H groups in total. The summed E-state index contributed by atoms with van der Waals surface area (Å²) in [6.07, 6.45) is 5.38. The first-order chi connectivity index (χ1) is 8.27. The maximum Gasteiger partial charge on any atom is 0.219 e. The molecule has 1 atom stereocenters. The van der Waals surface area contributed by atoms with E-state index in [9.17, 15) is 0 Å². The van der Waals surface area contributed by atoms with Crippen LogP contribution in [0, 0.1) is 0 Å². The zero-order chi connectivity index (χ0) is 12.5. The number of aryl methyl sites for hydroxylation is 1. The molecule has 1 heterocycles. The third-order valence-electron chi connectivity index (χ3n) is 2.80. The molecule has 0 saturated heterocycles. The number of rotatable bonds is 9. The molecule has 0 aliphatic carbocycles. The fourth-order valence-electron chi connectivity index (χ4n) is 1.79. The highest BCUT2D eigenvalue weighted by Crippen LogP contribution is 2.19. The Balaban J connectivity index is 2.25. The van der Waals surface area contributed by atoms with E-state index in [-0.39, 0.29) is 0 Å². The zero-order valence-electron chi connectivity index (χ0n) is 11.3. The molecule has 0 fully saturated rings. The van der Waals surface area contributed by atoms with Crippen LogP contribution >= 0.6 is 0 Å². The van der Waals surface area contributed by atoms with Gasteiger partial charge in [0.1, 0.15) is 0 Å². The molecule has 98 valence electrons. The van der Waals surface area contributed by atoms with Crippen molar-refractivity contribution < 1.29 is 4.42 Å². The largest absolute Gasteiger partial charge is 0.425 e. The average Bonchev–Trinajstić information content (AvgIpc) is 2.78. The van der Waals surface area contributed by atoms with E-state index in [2.05, 4.69) is 36.3 Å². The van der Waals surface area contributed by atoms with Gasteiger partial charge in [0, 0.05) is 12.3 Å². The second-order valence-electron chi connectivity index (χ2n) is 4.58. The van der Waals surface area contributed by atoms with Crippen molar-refractivity contribution in [3.63, 3.8) is 0 Å². The van der Waals surface area contributed by atoms with E-state index < -0.39 is 0 Å². The van der Waals surface area contributed by atoms with Crippen LogP contribution in [0.25, 0.3) is 0 Å². The van der Waals surface area contributed by atoms with Crippen LogP contribution in [0.4, 0.5) is 0 Å². The minimum absolute atomic E-state index is 0.388. The molecule has 1 unspecified atom stereocenters. The van der Waals surface area contributed by atoms with Crippen molar-refractivity contribution in [1.29, 1.82) is 0 Å². The fourth-order valence-corrected chi connectivity index (χ4v) is 1.79. The highest BCUT2D eigenvalue weighted by molar-refractivity contribution is 4.89. The molecule has 0 aliphatic heterocycles. The van der Waals surface area contributed by atoms with Crippen molar-refractivity contribution in [2.75, 3.05) is 13.1 Å². The zero-order valence-corrected chi connectivity index (χ0v) is 11.3. The number of hydrogen-bond donors (Lipinski definition) is 1. The summed E-state index contributed by atoms with van der Waals surface area (Å²) in [5, 5.41) is 11.6. The predicted octanol–water partition coefficient (Wildman–Crippen LogP) is 2.91. The van der Waals surface area contributed by atoms with Gasteiger partial charge >= 0.3 is 0 Å². The van der Waals surface area contributed by atoms with Crippen LogP contribution in [-0.4, -0.2) is 23.3 Å². The Morgan fingerprint density at radius 1 is 1.18 bits per heavy atom. The summed E-state index contributed by atoms with van der Waals surface area (Å²) in [5.41, 5.74) is 0. The first kappa shape index (κ1) is 14.2. The van der Waals surface area contributed by atoms with E-state index >= 15 is 0 Å². The van der Waals surface area contributed by atoms with Crippen LogP contribution < -0.4 is 5.32 Å². The van der Waals surface area contributed by atoms with Crippen LogP contribution in [0.15, 0.2) is 4.42 Å². The molecule has 0 aromatic carbocycles. The van der Waals surface area contributed by atoms with Gasteiger partial charge < -0.3 is 9.73 Å². The smallest absolute Gasteiger partial charge is 0.219 e. The van der Waals surface area contributed by atoms with Gasteiger partial charge in [0.15, 0.2) is 0 Å². The Morgan fingerprint density at radius 3 is 2.71 bits per heavy atom. The highest BCUT2D eigenvalue weighted by Gasteiger charge is 2.12. The van der Waals surface area contributed by atoms with Crippen molar-refractivity contribution in [3.8, 4) is 0 Å². The summed E-state index contributed by atoms with van der Waals surface area (Å²) >= 11 is 0. The van der Waals surface area contributed by atoms with E-state index in [0.29, 0.717) is 5.92 Å². The van der Waals surface area contributed by atoms with Gasteiger partial charge in [-0.05, 0) is 32.4 Å².